The van der Waals surface area contributed by atoms with Crippen LogP contribution in [-0.4, -0.2) is 29.3 Å². The zero-order chi connectivity index (χ0) is 18.7. The molecule has 26 heavy (non-hydrogen) atoms. The predicted octanol–water partition coefficient (Wildman–Crippen LogP) is 3.35. The number of benzene rings is 2. The lowest BCUT2D eigenvalue weighted by Gasteiger charge is -2.08. The molecule has 0 aliphatic heterocycles. The lowest BCUT2D eigenvalue weighted by Crippen LogP contribution is -2.15. The molecule has 0 spiro atoms. The smallest absolute Gasteiger partial charge is 0.338 e. The molecule has 8 heteroatoms. The molecule has 2 aromatic rings. The lowest BCUT2D eigenvalue weighted by molar-refractivity contribution is -0.384. The van der Waals surface area contributed by atoms with Gasteiger partial charge in [0.05, 0.1) is 16.1 Å². The average molecular weight is 358 g/mol. The summed E-state index contributed by atoms with van der Waals surface area (Å²) in [5, 5.41) is 14.2. The third kappa shape index (κ3) is 4.02. The predicted molar refractivity (Wildman–Crippen MR) is 90.8 cm³/mol. The number of hydrogen-bond donors (Lipinski definition) is 1. The van der Waals surface area contributed by atoms with Gasteiger partial charge in [0.15, 0.2) is 6.61 Å². The number of ether oxygens (including phenoxy) is 1. The Morgan fingerprint density at radius 3 is 2.62 bits per heavy atom. The molecule has 134 valence electrons. The van der Waals surface area contributed by atoms with Crippen LogP contribution in [0.1, 0.15) is 33.6 Å². The minimum absolute atomic E-state index is 0.0561. The van der Waals surface area contributed by atoms with E-state index in [1.54, 1.807) is 0 Å². The van der Waals surface area contributed by atoms with Gasteiger partial charge < -0.3 is 10.1 Å². The topological polar surface area (TPSA) is 98.5 Å². The second-order valence-corrected chi connectivity index (χ2v) is 5.89. The second-order valence-electron chi connectivity index (χ2n) is 5.89. The van der Waals surface area contributed by atoms with Crippen molar-refractivity contribution < 1.29 is 23.6 Å². The molecule has 0 aromatic heterocycles. The summed E-state index contributed by atoms with van der Waals surface area (Å²) in [7, 11) is 0. The number of nitrogens with zero attached hydrogens (tertiary/aromatic N) is 1. The Hall–Kier alpha value is -3.29. The van der Waals surface area contributed by atoms with Gasteiger partial charge in [-0.25, -0.2) is 9.18 Å². The Labute approximate surface area is 147 Å². The molecule has 0 atom stereocenters. The van der Waals surface area contributed by atoms with Gasteiger partial charge in [-0.05, 0) is 37.1 Å². The number of hydrogen-bond acceptors (Lipinski definition) is 6. The summed E-state index contributed by atoms with van der Waals surface area (Å²) in [5.74, 6) is -2.30. The molecule has 0 saturated heterocycles. The second kappa shape index (κ2) is 7.30. The maximum Gasteiger partial charge on any atom is 0.338 e. The minimum Gasteiger partial charge on any atom is -0.454 e. The van der Waals surface area contributed by atoms with Gasteiger partial charge in [-0.3, -0.25) is 14.9 Å². The molecule has 3 rings (SSSR count). The maximum atomic E-state index is 13.5. The Balaban J connectivity index is 1.69. The summed E-state index contributed by atoms with van der Waals surface area (Å²) in [4.78, 5) is 34.6. The number of Topliss-reactive ketones (excluding diaryl/α,β-unsaturated/α-hetero) is 1. The van der Waals surface area contributed by atoms with Gasteiger partial charge in [0.25, 0.3) is 5.69 Å². The van der Waals surface area contributed by atoms with E-state index in [9.17, 15) is 24.1 Å². The Morgan fingerprint density at radius 1 is 1.23 bits per heavy atom. The number of ketones is 1. The molecule has 1 fully saturated rings. The number of rotatable bonds is 7. The van der Waals surface area contributed by atoms with E-state index in [2.05, 4.69) is 5.32 Å². The average Bonchev–Trinajstić information content (AvgIpc) is 3.44. The van der Waals surface area contributed by atoms with E-state index in [0.717, 1.165) is 25.0 Å². The van der Waals surface area contributed by atoms with E-state index in [1.165, 1.54) is 30.3 Å². The van der Waals surface area contributed by atoms with Crippen molar-refractivity contribution in [2.45, 2.75) is 18.9 Å². The van der Waals surface area contributed by atoms with Crippen molar-refractivity contribution in [3.63, 3.8) is 0 Å². The van der Waals surface area contributed by atoms with Crippen LogP contribution in [0.4, 0.5) is 15.8 Å². The molecule has 0 bridgehead atoms. The van der Waals surface area contributed by atoms with Crippen molar-refractivity contribution >= 4 is 23.1 Å². The van der Waals surface area contributed by atoms with Gasteiger partial charge in [0, 0.05) is 12.1 Å². The van der Waals surface area contributed by atoms with Crippen LogP contribution < -0.4 is 5.32 Å². The molecule has 0 unspecified atom stereocenters. The summed E-state index contributed by atoms with van der Waals surface area (Å²) in [5.41, 5.74) is -0.155. The van der Waals surface area contributed by atoms with Crippen LogP contribution >= 0.6 is 0 Å². The zero-order valence-corrected chi connectivity index (χ0v) is 13.6. The summed E-state index contributed by atoms with van der Waals surface area (Å²) >= 11 is 0. The summed E-state index contributed by atoms with van der Waals surface area (Å²) in [6.07, 6.45) is 1.89. The molecule has 0 amide bonds. The first-order valence-corrected chi connectivity index (χ1v) is 7.95. The largest absolute Gasteiger partial charge is 0.454 e. The van der Waals surface area contributed by atoms with E-state index in [-0.39, 0.29) is 22.9 Å². The summed E-state index contributed by atoms with van der Waals surface area (Å²) in [6, 6.07) is 9.48. The molecule has 2 aromatic carbocycles. The number of nitro benzene ring substituents is 1. The highest BCUT2D eigenvalue weighted by Crippen LogP contribution is 2.31. The highest BCUT2D eigenvalue weighted by Gasteiger charge is 2.26. The lowest BCUT2D eigenvalue weighted by atomic mass is 10.1. The molecule has 7 nitrogen and oxygen atoms in total. The summed E-state index contributed by atoms with van der Waals surface area (Å²) in [6.45, 7) is -0.657. The van der Waals surface area contributed by atoms with Gasteiger partial charge in [-0.15, -0.1) is 0 Å². The monoisotopic (exact) mass is 358 g/mol. The van der Waals surface area contributed by atoms with Crippen LogP contribution in [0.2, 0.25) is 0 Å². The van der Waals surface area contributed by atoms with Gasteiger partial charge in [0.2, 0.25) is 5.78 Å². The van der Waals surface area contributed by atoms with Gasteiger partial charge in [-0.1, -0.05) is 12.1 Å². The molecular weight excluding hydrogens is 343 g/mol. The minimum atomic E-state index is -0.893. The first kappa shape index (κ1) is 17.5. The third-order valence-electron chi connectivity index (χ3n) is 3.88. The van der Waals surface area contributed by atoms with Crippen molar-refractivity contribution in [1.29, 1.82) is 0 Å². The maximum absolute atomic E-state index is 13.5. The number of carbonyl (C=O) groups is 2. The van der Waals surface area contributed by atoms with E-state index in [1.807, 2.05) is 0 Å². The number of nitrogens with one attached hydrogen (secondary N) is 1. The molecule has 1 N–H and O–H groups in total. The standard InChI is InChI=1S/C18H15FN2O5/c19-14-4-2-1-3-13(14)17(22)10-26-18(23)11-5-8-15(20-12-6-7-12)16(9-11)21(24)25/h1-5,8-9,12,20H,6-7,10H2. The van der Waals surface area contributed by atoms with E-state index >= 15 is 0 Å². The van der Waals surface area contributed by atoms with Gasteiger partial charge >= 0.3 is 5.97 Å². The fourth-order valence-corrected chi connectivity index (χ4v) is 2.36. The van der Waals surface area contributed by atoms with Crippen LogP contribution in [-0.2, 0) is 4.74 Å². The van der Waals surface area contributed by atoms with Crippen molar-refractivity contribution in [1.82, 2.24) is 0 Å². The van der Waals surface area contributed by atoms with Crippen molar-refractivity contribution in [3.8, 4) is 0 Å². The highest BCUT2D eigenvalue weighted by molar-refractivity contribution is 5.99. The van der Waals surface area contributed by atoms with E-state index in [0.29, 0.717) is 5.69 Å². The normalized spacial score (nSPS) is 13.1. The van der Waals surface area contributed by atoms with Crippen LogP contribution in [0.25, 0.3) is 0 Å². The molecule has 0 heterocycles. The Kier molecular flexibility index (Phi) is 4.92. The fourth-order valence-electron chi connectivity index (χ4n) is 2.36. The quantitative estimate of drug-likeness (QED) is 0.353. The van der Waals surface area contributed by atoms with Crippen LogP contribution in [0.5, 0.6) is 0 Å². The first-order valence-electron chi connectivity index (χ1n) is 7.95. The van der Waals surface area contributed by atoms with Crippen molar-refractivity contribution in [2.24, 2.45) is 0 Å². The number of halogens is 1. The Bertz CT molecular complexity index is 880. The van der Waals surface area contributed by atoms with Crippen molar-refractivity contribution in [2.75, 3.05) is 11.9 Å². The summed E-state index contributed by atoms with van der Waals surface area (Å²) < 4.78 is 18.4. The van der Waals surface area contributed by atoms with Crippen LogP contribution in [0, 0.1) is 15.9 Å². The van der Waals surface area contributed by atoms with Crippen molar-refractivity contribution in [3.05, 3.63) is 69.5 Å². The molecule has 0 radical (unpaired) electrons. The first-order chi connectivity index (χ1) is 12.5. The van der Waals surface area contributed by atoms with E-state index < -0.39 is 29.1 Å². The van der Waals surface area contributed by atoms with Gasteiger partial charge in [-0.2, -0.15) is 0 Å². The van der Waals surface area contributed by atoms with Crippen LogP contribution in [0.15, 0.2) is 42.5 Å². The molecule has 1 aliphatic carbocycles. The number of carbonyl (C=O) groups excluding carboxylic acids is 2. The van der Waals surface area contributed by atoms with Crippen LogP contribution in [0.3, 0.4) is 0 Å². The number of anilines is 1. The number of esters is 1. The highest BCUT2D eigenvalue weighted by atomic mass is 19.1. The van der Waals surface area contributed by atoms with E-state index in [4.69, 9.17) is 4.74 Å². The third-order valence-corrected chi connectivity index (χ3v) is 3.88. The SMILES string of the molecule is O=C(OCC(=O)c1ccccc1F)c1ccc(NC2CC2)c([N+](=O)[O-])c1. The number of nitro groups is 1. The molecule has 1 saturated carbocycles. The fraction of sp³-hybridized carbons (Fsp3) is 0.222. The zero-order valence-electron chi connectivity index (χ0n) is 13.6. The molecule has 1 aliphatic rings. The van der Waals surface area contributed by atoms with Gasteiger partial charge in [0.1, 0.15) is 11.5 Å². The molecular formula is C18H15FN2O5. The Morgan fingerprint density at radius 2 is 1.96 bits per heavy atom.